The van der Waals surface area contributed by atoms with Gasteiger partial charge >= 0.3 is 6.09 Å². The number of carbonyl (C=O) groups is 1. The number of hydrogen-bond donors (Lipinski definition) is 3. The predicted molar refractivity (Wildman–Crippen MR) is 97.4 cm³/mol. The van der Waals surface area contributed by atoms with Crippen molar-refractivity contribution < 1.29 is 9.53 Å². The van der Waals surface area contributed by atoms with E-state index in [-0.39, 0.29) is 18.6 Å². The van der Waals surface area contributed by atoms with Crippen LogP contribution in [0.4, 0.5) is 16.4 Å². The average molecular weight is 353 g/mol. The van der Waals surface area contributed by atoms with Crippen molar-refractivity contribution in [3.05, 3.63) is 30.7 Å². The van der Waals surface area contributed by atoms with E-state index < -0.39 is 6.09 Å². The quantitative estimate of drug-likeness (QED) is 0.649. The van der Waals surface area contributed by atoms with Crippen LogP contribution in [0.3, 0.4) is 0 Å². The molecule has 0 radical (unpaired) electrons. The molecule has 0 aromatic carbocycles. The second-order valence-electron chi connectivity index (χ2n) is 6.18. The van der Waals surface area contributed by atoms with E-state index in [2.05, 4.69) is 24.8 Å². The van der Waals surface area contributed by atoms with Gasteiger partial charge in [0, 0.05) is 30.7 Å². The molecule has 134 valence electrons. The van der Waals surface area contributed by atoms with Gasteiger partial charge in [0.05, 0.1) is 22.8 Å². The Bertz CT molecular complexity index is 955. The van der Waals surface area contributed by atoms with Crippen molar-refractivity contribution in [1.29, 1.82) is 0 Å². The van der Waals surface area contributed by atoms with Crippen LogP contribution in [0.25, 0.3) is 22.3 Å². The van der Waals surface area contributed by atoms with E-state index in [0.29, 0.717) is 0 Å². The third-order valence-electron chi connectivity index (χ3n) is 4.61. The molecule has 3 aromatic rings. The van der Waals surface area contributed by atoms with E-state index in [1.165, 1.54) is 0 Å². The van der Waals surface area contributed by atoms with Crippen LogP contribution in [-0.4, -0.2) is 45.2 Å². The third-order valence-corrected chi connectivity index (χ3v) is 4.61. The molecule has 9 nitrogen and oxygen atoms in total. The number of nitrogens with one attached hydrogen (secondary N) is 1. The van der Waals surface area contributed by atoms with Gasteiger partial charge in [0.2, 0.25) is 5.95 Å². The minimum absolute atomic E-state index is 0.0753. The van der Waals surface area contributed by atoms with Gasteiger partial charge in [0.15, 0.2) is 0 Å². The van der Waals surface area contributed by atoms with Gasteiger partial charge in [-0.1, -0.05) is 0 Å². The van der Waals surface area contributed by atoms with Gasteiger partial charge in [0.25, 0.3) is 0 Å². The Morgan fingerprint density at radius 3 is 3.00 bits per heavy atom. The molecular weight excluding hydrogens is 334 g/mol. The molecule has 0 unspecified atom stereocenters. The zero-order chi connectivity index (χ0) is 18.1. The van der Waals surface area contributed by atoms with Gasteiger partial charge in [-0.2, -0.15) is 0 Å². The lowest BCUT2D eigenvalue weighted by molar-refractivity contribution is 0.149. The fraction of sp³-hybridized carbons (Fsp3) is 0.294. The van der Waals surface area contributed by atoms with Crippen LogP contribution < -0.4 is 16.4 Å². The van der Waals surface area contributed by atoms with E-state index in [0.717, 1.165) is 47.4 Å². The van der Waals surface area contributed by atoms with Crippen molar-refractivity contribution >= 4 is 28.8 Å². The smallest absolute Gasteiger partial charge is 0.404 e. The Morgan fingerprint density at radius 1 is 1.35 bits per heavy atom. The van der Waals surface area contributed by atoms with Gasteiger partial charge in [-0.15, -0.1) is 0 Å². The number of ether oxygens (including phenoxy) is 1. The first-order chi connectivity index (χ1) is 12.6. The number of fused-ring (bicyclic) bond motifs is 1. The number of aromatic nitrogens is 4. The molecule has 1 fully saturated rings. The van der Waals surface area contributed by atoms with Crippen molar-refractivity contribution in [3.8, 4) is 11.3 Å². The number of H-pyrrole nitrogens is 1. The normalized spacial score (nSPS) is 16.9. The number of hydrogen-bond acceptors (Lipinski definition) is 7. The van der Waals surface area contributed by atoms with Gasteiger partial charge < -0.3 is 26.1 Å². The molecule has 3 aromatic heterocycles. The second-order valence-corrected chi connectivity index (χ2v) is 6.18. The summed E-state index contributed by atoms with van der Waals surface area (Å²) >= 11 is 0. The average Bonchev–Trinajstić information content (AvgIpc) is 3.26. The molecule has 26 heavy (non-hydrogen) atoms. The molecule has 1 amide bonds. The molecule has 4 rings (SSSR count). The maximum absolute atomic E-state index is 11.0. The number of primary amides is 1. The van der Waals surface area contributed by atoms with Crippen LogP contribution in [0.2, 0.25) is 0 Å². The monoisotopic (exact) mass is 353 g/mol. The van der Waals surface area contributed by atoms with Crippen LogP contribution >= 0.6 is 0 Å². The van der Waals surface area contributed by atoms with Gasteiger partial charge in [0.1, 0.15) is 12.3 Å². The molecular formula is C17H19N7O2. The highest BCUT2D eigenvalue weighted by molar-refractivity contribution is 6.02. The van der Waals surface area contributed by atoms with E-state index in [1.807, 2.05) is 18.3 Å². The highest BCUT2D eigenvalue weighted by Crippen LogP contribution is 2.37. The highest BCUT2D eigenvalue weighted by Gasteiger charge is 2.28. The minimum Gasteiger partial charge on any atom is -0.448 e. The first-order valence-corrected chi connectivity index (χ1v) is 8.37. The number of aromatic amines is 1. The fourth-order valence-electron chi connectivity index (χ4n) is 3.51. The number of nitrogens with zero attached hydrogens (tertiary/aromatic N) is 4. The summed E-state index contributed by atoms with van der Waals surface area (Å²) in [5.41, 5.74) is 14.3. The van der Waals surface area contributed by atoms with Crippen molar-refractivity contribution in [1.82, 2.24) is 19.9 Å². The van der Waals surface area contributed by atoms with Crippen LogP contribution in [-0.2, 0) is 4.74 Å². The number of rotatable bonds is 4. The van der Waals surface area contributed by atoms with Gasteiger partial charge in [-0.05, 0) is 25.0 Å². The summed E-state index contributed by atoms with van der Waals surface area (Å²) in [5, 5.41) is 0.955. The molecule has 1 atom stereocenters. The van der Waals surface area contributed by atoms with Crippen LogP contribution in [0.5, 0.6) is 0 Å². The highest BCUT2D eigenvalue weighted by atomic mass is 16.5. The van der Waals surface area contributed by atoms with Crippen molar-refractivity contribution in [2.24, 2.45) is 5.73 Å². The standard InChI is InChI=1S/C17H19N7O2/c18-16-21-5-3-12(23-16)11-8-22-15-14(11)13(4-6-20-15)24-7-1-2-10(24)9-26-17(19)25/h3-6,8,10H,1-2,7,9H2,(H2,19,25)(H,20,22)(H2,18,21,23)/t10-/m0/s1. The van der Waals surface area contributed by atoms with Crippen molar-refractivity contribution in [3.63, 3.8) is 0 Å². The molecule has 4 heterocycles. The molecule has 5 N–H and O–H groups in total. The number of nitrogens with two attached hydrogens (primary N) is 2. The van der Waals surface area contributed by atoms with E-state index >= 15 is 0 Å². The third kappa shape index (κ3) is 2.87. The maximum Gasteiger partial charge on any atom is 0.404 e. The summed E-state index contributed by atoms with van der Waals surface area (Å²) in [4.78, 5) is 29.1. The number of pyridine rings is 1. The van der Waals surface area contributed by atoms with Crippen LogP contribution in [0, 0.1) is 0 Å². The predicted octanol–water partition coefficient (Wildman–Crippen LogP) is 1.67. The molecule has 9 heteroatoms. The Hall–Kier alpha value is -3.36. The summed E-state index contributed by atoms with van der Waals surface area (Å²) < 4.78 is 5.04. The summed E-state index contributed by atoms with van der Waals surface area (Å²) in [5.74, 6) is 0.219. The molecule has 1 aliphatic heterocycles. The second kappa shape index (κ2) is 6.51. The zero-order valence-electron chi connectivity index (χ0n) is 14.1. The van der Waals surface area contributed by atoms with E-state index in [1.54, 1.807) is 12.4 Å². The van der Waals surface area contributed by atoms with Crippen molar-refractivity contribution in [2.45, 2.75) is 18.9 Å². The number of anilines is 2. The first-order valence-electron chi connectivity index (χ1n) is 8.37. The lowest BCUT2D eigenvalue weighted by Crippen LogP contribution is -2.34. The molecule has 0 saturated carbocycles. The molecule has 0 aliphatic carbocycles. The van der Waals surface area contributed by atoms with Crippen LogP contribution in [0.15, 0.2) is 30.7 Å². The topological polar surface area (TPSA) is 136 Å². The van der Waals surface area contributed by atoms with Crippen LogP contribution in [0.1, 0.15) is 12.8 Å². The van der Waals surface area contributed by atoms with Gasteiger partial charge in [-0.3, -0.25) is 0 Å². The summed E-state index contributed by atoms with van der Waals surface area (Å²) in [7, 11) is 0. The largest absolute Gasteiger partial charge is 0.448 e. The maximum atomic E-state index is 11.0. The Labute approximate surface area is 149 Å². The van der Waals surface area contributed by atoms with Crippen molar-refractivity contribution in [2.75, 3.05) is 23.8 Å². The Morgan fingerprint density at radius 2 is 2.19 bits per heavy atom. The molecule has 1 aliphatic rings. The fourth-order valence-corrected chi connectivity index (χ4v) is 3.51. The zero-order valence-corrected chi connectivity index (χ0v) is 14.1. The lowest BCUT2D eigenvalue weighted by Gasteiger charge is -2.27. The van der Waals surface area contributed by atoms with E-state index in [4.69, 9.17) is 16.2 Å². The number of nitrogen functional groups attached to an aromatic ring is 1. The Kier molecular flexibility index (Phi) is 4.04. The number of amides is 1. The summed E-state index contributed by atoms with van der Waals surface area (Å²) in [6.07, 6.45) is 6.44. The molecule has 0 spiro atoms. The summed E-state index contributed by atoms with van der Waals surface area (Å²) in [6.45, 7) is 1.13. The van der Waals surface area contributed by atoms with Gasteiger partial charge in [-0.25, -0.2) is 19.7 Å². The lowest BCUT2D eigenvalue weighted by atomic mass is 10.1. The van der Waals surface area contributed by atoms with E-state index in [9.17, 15) is 4.79 Å². The SMILES string of the molecule is NC(=O)OC[C@@H]1CCCN1c1ccnc2[nH]cc(-c3ccnc(N)n3)c12. The molecule has 0 bridgehead atoms. The minimum atomic E-state index is -0.754. The summed E-state index contributed by atoms with van der Waals surface area (Å²) in [6, 6.07) is 3.85. The Balaban J connectivity index is 1.78. The molecule has 1 saturated heterocycles. The number of carbonyl (C=O) groups excluding carboxylic acids is 1. The first kappa shape index (κ1) is 16.1.